The fourth-order valence-corrected chi connectivity index (χ4v) is 9.84. The van der Waals surface area contributed by atoms with Gasteiger partial charge in [0.1, 0.15) is 6.61 Å². The van der Waals surface area contributed by atoms with Gasteiger partial charge in [-0.2, -0.15) is 5.26 Å². The number of nitriles is 1. The van der Waals surface area contributed by atoms with Crippen LogP contribution in [-0.4, -0.2) is 98.2 Å². The lowest BCUT2D eigenvalue weighted by Gasteiger charge is -2.15. The minimum atomic E-state index is -0.773. The highest BCUT2D eigenvalue weighted by molar-refractivity contribution is 5.33. The van der Waals surface area contributed by atoms with Crippen molar-refractivity contribution >= 4 is 24.3 Å². The normalized spacial score (nSPS) is 10.9. The van der Waals surface area contributed by atoms with Crippen molar-refractivity contribution in [3.8, 4) is 6.26 Å². The largest absolute Gasteiger partial charge is 0.428 e. The lowest BCUT2D eigenvalue weighted by Crippen LogP contribution is -2.54. The Labute approximate surface area is 485 Å². The van der Waals surface area contributed by atoms with Crippen LogP contribution in [0.1, 0.15) is 180 Å². The molecule has 0 radical (unpaired) electrons. The van der Waals surface area contributed by atoms with Crippen LogP contribution in [-0.2, 0) is 82.8 Å². The third-order valence-electron chi connectivity index (χ3n) is 14.5. The summed E-state index contributed by atoms with van der Waals surface area (Å²) in [7, 11) is 0. The Hall–Kier alpha value is -7.96. The molecule has 0 saturated heterocycles. The molecule has 462 valence electrons. The minimum absolute atomic E-state index is 0.0111. The Balaban J connectivity index is 1.76. The monoisotopic (exact) mass is 1180 g/mol. The molecule has 28 heteroatoms. The summed E-state index contributed by atoms with van der Waals surface area (Å²) < 4.78 is 14.3. The van der Waals surface area contributed by atoms with Crippen LogP contribution in [0.3, 0.4) is 0 Å². The molecular weight excluding hydrogens is 1090 g/mol. The van der Waals surface area contributed by atoms with Crippen molar-refractivity contribution in [3.05, 3.63) is 94.4 Å². The molecule has 0 aliphatic heterocycles. The first-order chi connectivity index (χ1) is 40.9. The number of ether oxygens (including phenoxy) is 1. The van der Waals surface area contributed by atoms with E-state index in [1.165, 1.54) is 24.3 Å². The van der Waals surface area contributed by atoms with Gasteiger partial charge in [0, 0.05) is 58.9 Å². The predicted octanol–water partition coefficient (Wildman–Crippen LogP) is 3.31. The van der Waals surface area contributed by atoms with Crippen LogP contribution in [0.4, 0.5) is 0 Å². The summed E-state index contributed by atoms with van der Waals surface area (Å²) in [4.78, 5) is 179. The van der Waals surface area contributed by atoms with Crippen LogP contribution in [0, 0.1) is 11.5 Å². The molecule has 0 aromatic carbocycles. The Morgan fingerprint density at radius 1 is 0.250 bits per heavy atom. The van der Waals surface area contributed by atoms with Gasteiger partial charge in [-0.25, -0.2) is 123 Å². The first-order valence-corrected chi connectivity index (χ1v) is 29.9. The van der Waals surface area contributed by atoms with Crippen molar-refractivity contribution in [2.45, 2.75) is 239 Å². The number of hydrogen-bond donors (Lipinski definition) is 0. The molecule has 0 spiro atoms. The highest BCUT2D eigenvalue weighted by atomic mass is 16.5. The van der Waals surface area contributed by atoms with Crippen LogP contribution in [0.2, 0.25) is 0 Å². The summed E-state index contributed by atoms with van der Waals surface area (Å²) >= 11 is 0. The average molecular weight is 1180 g/mol. The van der Waals surface area contributed by atoms with Crippen molar-refractivity contribution in [2.75, 3.05) is 32.8 Å². The number of carbonyl (C=O) groups excluding carboxylic acids is 4. The molecule has 0 atom stereocenters. The molecule has 0 aliphatic rings. The molecule has 0 unspecified atom stereocenters. The van der Waals surface area contributed by atoms with Crippen LogP contribution in [0.25, 0.3) is 0 Å². The van der Waals surface area contributed by atoms with Crippen LogP contribution >= 0.6 is 0 Å². The second-order valence-electron chi connectivity index (χ2n) is 20.6. The molecule has 0 amide bonds. The summed E-state index contributed by atoms with van der Waals surface area (Å²) in [6.45, 7) is 1.94. The van der Waals surface area contributed by atoms with Gasteiger partial charge in [-0.3, -0.25) is 0 Å². The molecule has 3 aromatic heterocycles. The lowest BCUT2D eigenvalue weighted by molar-refractivity contribution is 0.259. The van der Waals surface area contributed by atoms with Crippen molar-refractivity contribution in [3.63, 3.8) is 0 Å². The Bertz CT molecular complexity index is 3240. The number of rotatable bonds is 49. The van der Waals surface area contributed by atoms with Gasteiger partial charge < -0.3 is 4.74 Å². The highest BCUT2D eigenvalue weighted by Gasteiger charge is 2.19. The fourth-order valence-electron chi connectivity index (χ4n) is 9.84. The molecular formula is C56H84N14O14. The predicted molar refractivity (Wildman–Crippen MR) is 310 cm³/mol. The number of aromatic nitrogens is 9. The molecule has 84 heavy (non-hydrogen) atoms. The second kappa shape index (κ2) is 42.8. The van der Waals surface area contributed by atoms with Crippen molar-refractivity contribution in [2.24, 2.45) is 20.0 Å². The summed E-state index contributed by atoms with van der Waals surface area (Å²) in [5.41, 5.74) is -6.53. The first-order valence-electron chi connectivity index (χ1n) is 29.9. The van der Waals surface area contributed by atoms with Crippen LogP contribution in [0.5, 0.6) is 0 Å². The van der Waals surface area contributed by atoms with Crippen molar-refractivity contribution in [1.29, 1.82) is 5.26 Å². The molecule has 0 fully saturated rings. The van der Waals surface area contributed by atoms with E-state index in [1.54, 1.807) is 6.26 Å². The SMILES string of the molecule is N#COCCCCCCn1c(=O)n(CCCCCCN=C=O)c(=O)n(CCCCCCn2c(=O)n(CCCCCCN=C=O)c(=O)n(CCCCCCn3c(=O)n(CCCCCCN=C=O)c(=O)n(CCCCCCN=C=O)c3=O)c2=O)c1=O. The van der Waals surface area contributed by atoms with Crippen LogP contribution < -0.4 is 51.2 Å². The maximum absolute atomic E-state index is 14.0. The Morgan fingerprint density at radius 3 is 0.560 bits per heavy atom. The van der Waals surface area contributed by atoms with E-state index in [0.29, 0.717) is 206 Å². The smallest absolute Gasteiger partial charge is 0.336 e. The Morgan fingerprint density at radius 2 is 0.405 bits per heavy atom. The highest BCUT2D eigenvalue weighted by Crippen LogP contribution is 2.08. The number of isocyanates is 4. The lowest BCUT2D eigenvalue weighted by atomic mass is 10.2. The van der Waals surface area contributed by atoms with Crippen LogP contribution in [0.15, 0.2) is 63.1 Å². The van der Waals surface area contributed by atoms with Gasteiger partial charge in [-0.1, -0.05) is 83.5 Å². The van der Waals surface area contributed by atoms with Gasteiger partial charge >= 0.3 is 51.2 Å². The van der Waals surface area contributed by atoms with E-state index in [2.05, 4.69) is 20.0 Å². The maximum Gasteiger partial charge on any atom is 0.336 e. The van der Waals surface area contributed by atoms with E-state index < -0.39 is 51.2 Å². The van der Waals surface area contributed by atoms with E-state index in [0.717, 1.165) is 41.1 Å². The van der Waals surface area contributed by atoms with E-state index >= 15 is 0 Å². The average Bonchev–Trinajstić information content (AvgIpc) is 2.88. The molecule has 0 bridgehead atoms. The first kappa shape index (κ1) is 70.3. The number of aliphatic imine (C=N–C) groups is 4. The van der Waals surface area contributed by atoms with Gasteiger partial charge in [0.25, 0.3) is 6.26 Å². The number of nitrogens with zero attached hydrogens (tertiary/aromatic N) is 14. The van der Waals surface area contributed by atoms with E-state index in [-0.39, 0.29) is 65.5 Å². The summed E-state index contributed by atoms with van der Waals surface area (Å²) in [6, 6.07) is 0. The van der Waals surface area contributed by atoms with Gasteiger partial charge in [0.15, 0.2) is 0 Å². The van der Waals surface area contributed by atoms with Gasteiger partial charge in [0.2, 0.25) is 24.3 Å². The number of hydrogen-bond acceptors (Lipinski definition) is 19. The molecule has 0 N–H and O–H groups in total. The standard InChI is InChI=1S/C56H84N14O14/c57-43-84-42-28-14-13-27-41-70-54(81)65(36-22-8-4-18-32-61-47-74)53(80)69(56(70)83)40-26-12-11-25-39-68-52(79)64(35-21-7-3-17-31-60-46-73)51(78)67(55(68)82)38-24-10-9-23-37-66-49(76)62(33-19-5-1-15-29-58-44-71)48(75)63(50(66)77)34-20-6-2-16-30-59-45-72/h1-42H2. The minimum Gasteiger partial charge on any atom is -0.428 e. The summed E-state index contributed by atoms with van der Waals surface area (Å²) in [6.07, 6.45) is 23.2. The van der Waals surface area contributed by atoms with E-state index in [4.69, 9.17) is 10.00 Å². The molecule has 3 heterocycles. The van der Waals surface area contributed by atoms with Gasteiger partial charge in [-0.05, 0) is 96.3 Å². The third kappa shape index (κ3) is 24.5. The maximum atomic E-state index is 14.0. The number of unbranched alkanes of at least 4 members (excludes halogenated alkanes) is 21. The summed E-state index contributed by atoms with van der Waals surface area (Å²) in [5.74, 6) is 0. The van der Waals surface area contributed by atoms with Crippen molar-refractivity contribution < 1.29 is 23.9 Å². The topological polar surface area (TPSA) is 349 Å². The van der Waals surface area contributed by atoms with Gasteiger partial charge in [-0.15, -0.1) is 0 Å². The molecule has 3 rings (SSSR count). The summed E-state index contributed by atoms with van der Waals surface area (Å²) in [5, 5.41) is 8.61. The molecule has 3 aromatic rings. The van der Waals surface area contributed by atoms with Gasteiger partial charge in [0.05, 0.1) is 26.2 Å². The molecule has 0 saturated carbocycles. The van der Waals surface area contributed by atoms with E-state index in [1.807, 2.05) is 0 Å². The fraction of sp³-hybridized carbons (Fsp3) is 0.750. The second-order valence-corrected chi connectivity index (χ2v) is 20.6. The van der Waals surface area contributed by atoms with Crippen molar-refractivity contribution in [1.82, 2.24) is 41.1 Å². The molecule has 28 nitrogen and oxygen atoms in total. The third-order valence-corrected chi connectivity index (χ3v) is 14.5. The zero-order valence-corrected chi connectivity index (χ0v) is 48.7. The Kier molecular flexibility index (Phi) is 35.8. The quantitative estimate of drug-likeness (QED) is 0.0339. The zero-order valence-electron chi connectivity index (χ0n) is 48.7. The molecule has 0 aliphatic carbocycles. The van der Waals surface area contributed by atoms with E-state index in [9.17, 15) is 62.3 Å². The zero-order chi connectivity index (χ0) is 61.2.